The second-order valence-corrected chi connectivity index (χ2v) is 3.04. The van der Waals surface area contributed by atoms with Crippen LogP contribution < -0.4 is 10.8 Å². The molecule has 8 nitrogen and oxygen atoms in total. The Morgan fingerprint density at radius 2 is 2.35 bits per heavy atom. The maximum Gasteiger partial charge on any atom is 0.339 e. The second-order valence-electron chi connectivity index (χ2n) is 3.04. The fourth-order valence-electron chi connectivity index (χ4n) is 0.949. The van der Waals surface area contributed by atoms with Crippen molar-refractivity contribution >= 4 is 12.0 Å². The van der Waals surface area contributed by atoms with Crippen molar-refractivity contribution in [3.8, 4) is 0 Å². The number of urea groups is 1. The largest absolute Gasteiger partial charge is 0.479 e. The summed E-state index contributed by atoms with van der Waals surface area (Å²) < 4.78 is 5.24. The molecule has 0 saturated carbocycles. The number of rotatable bonds is 6. The second kappa shape index (κ2) is 6.48. The van der Waals surface area contributed by atoms with E-state index in [1.54, 1.807) is 6.20 Å². The maximum absolute atomic E-state index is 11.1. The minimum Gasteiger partial charge on any atom is -0.479 e. The number of carboxylic acids is 1. The topological polar surface area (TPSA) is 114 Å². The smallest absolute Gasteiger partial charge is 0.339 e. The lowest BCUT2D eigenvalue weighted by Crippen LogP contribution is -2.36. The lowest BCUT2D eigenvalue weighted by atomic mass is 10.4. The fraction of sp³-hybridized carbons (Fsp3) is 0.444. The molecule has 0 atom stereocenters. The van der Waals surface area contributed by atoms with Gasteiger partial charge >= 0.3 is 12.0 Å². The molecule has 3 N–H and O–H groups in total. The first kappa shape index (κ1) is 13.0. The van der Waals surface area contributed by atoms with Crippen molar-refractivity contribution in [1.82, 2.24) is 15.8 Å². The van der Waals surface area contributed by atoms with Crippen LogP contribution in [0.5, 0.6) is 0 Å². The van der Waals surface area contributed by atoms with Crippen LogP contribution in [0, 0.1) is 0 Å². The van der Waals surface area contributed by atoms with Gasteiger partial charge in [-0.2, -0.15) is 0 Å². The van der Waals surface area contributed by atoms with E-state index in [0.717, 1.165) is 12.2 Å². The van der Waals surface area contributed by atoms with Gasteiger partial charge in [0, 0.05) is 6.42 Å². The number of hydrogen-bond donors (Lipinski definition) is 3. The summed E-state index contributed by atoms with van der Waals surface area (Å²) >= 11 is 0. The van der Waals surface area contributed by atoms with E-state index >= 15 is 0 Å². The van der Waals surface area contributed by atoms with Crippen LogP contribution in [0.1, 0.15) is 18.6 Å². The Morgan fingerprint density at radius 3 is 2.94 bits per heavy atom. The molecule has 94 valence electrons. The first-order valence-electron chi connectivity index (χ1n) is 4.92. The molecule has 0 unspecified atom stereocenters. The normalized spacial score (nSPS) is 9.94. The summed E-state index contributed by atoms with van der Waals surface area (Å²) in [5, 5.41) is 10.6. The molecule has 17 heavy (non-hydrogen) atoms. The van der Waals surface area contributed by atoms with Crippen LogP contribution in [0.15, 0.2) is 10.6 Å². The zero-order valence-corrected chi connectivity index (χ0v) is 9.23. The van der Waals surface area contributed by atoms with Crippen molar-refractivity contribution in [2.45, 2.75) is 19.9 Å². The average Bonchev–Trinajstić information content (AvgIpc) is 2.73. The molecule has 0 radical (unpaired) electrons. The van der Waals surface area contributed by atoms with Crippen LogP contribution in [0.3, 0.4) is 0 Å². The lowest BCUT2D eigenvalue weighted by molar-refractivity contribution is -0.144. The number of aryl methyl sites for hydroxylation is 1. The Kier molecular flexibility index (Phi) is 4.95. The number of oxazole rings is 1. The van der Waals surface area contributed by atoms with Gasteiger partial charge in [-0.05, 0) is 0 Å². The standard InChI is InChI=1S/C9H13N3O5/c1-2-6-3-10-7(17-6)4-11-9(15)12-16-5-8(13)14/h3H,2,4-5H2,1H3,(H,13,14)(H2,11,12,15). The molecular weight excluding hydrogens is 230 g/mol. The van der Waals surface area contributed by atoms with E-state index in [4.69, 9.17) is 9.52 Å². The molecule has 0 fully saturated rings. The van der Waals surface area contributed by atoms with Gasteiger partial charge in [-0.25, -0.2) is 20.1 Å². The van der Waals surface area contributed by atoms with Gasteiger partial charge in [-0.3, -0.25) is 4.84 Å². The molecule has 0 bridgehead atoms. The highest BCUT2D eigenvalue weighted by molar-refractivity contribution is 5.73. The number of carbonyl (C=O) groups excluding carboxylic acids is 1. The van der Waals surface area contributed by atoms with E-state index in [9.17, 15) is 9.59 Å². The number of aromatic nitrogens is 1. The molecule has 0 aliphatic rings. The highest BCUT2D eigenvalue weighted by Crippen LogP contribution is 2.03. The minimum atomic E-state index is -1.18. The zero-order chi connectivity index (χ0) is 12.7. The number of carboxylic acid groups (broad SMARTS) is 1. The summed E-state index contributed by atoms with van der Waals surface area (Å²) in [6, 6.07) is -0.664. The Balaban J connectivity index is 2.21. The van der Waals surface area contributed by atoms with Crippen LogP contribution in [0.2, 0.25) is 0 Å². The molecule has 0 aromatic carbocycles. The first-order chi connectivity index (χ1) is 8.11. The highest BCUT2D eigenvalue weighted by Gasteiger charge is 2.05. The van der Waals surface area contributed by atoms with Gasteiger partial charge in [0.05, 0.1) is 12.7 Å². The summed E-state index contributed by atoms with van der Waals surface area (Å²) in [5.41, 5.74) is 1.90. The summed E-state index contributed by atoms with van der Waals surface area (Å²) in [6.07, 6.45) is 2.30. The molecule has 1 aromatic rings. The summed E-state index contributed by atoms with van der Waals surface area (Å²) in [5.74, 6) is -0.0786. The first-order valence-corrected chi connectivity index (χ1v) is 4.92. The van der Waals surface area contributed by atoms with Gasteiger partial charge in [-0.15, -0.1) is 0 Å². The number of nitrogens with one attached hydrogen (secondary N) is 2. The van der Waals surface area contributed by atoms with Crippen molar-refractivity contribution in [3.05, 3.63) is 17.8 Å². The van der Waals surface area contributed by atoms with Gasteiger partial charge in [-0.1, -0.05) is 6.92 Å². The Labute approximate surface area is 96.9 Å². The number of nitrogens with zero attached hydrogens (tertiary/aromatic N) is 1. The van der Waals surface area contributed by atoms with E-state index in [1.807, 2.05) is 12.4 Å². The number of aliphatic carboxylic acids is 1. The molecule has 0 saturated heterocycles. The monoisotopic (exact) mass is 243 g/mol. The van der Waals surface area contributed by atoms with Crippen molar-refractivity contribution in [2.75, 3.05) is 6.61 Å². The number of amides is 2. The summed E-state index contributed by atoms with van der Waals surface area (Å²) in [4.78, 5) is 29.4. The molecule has 8 heteroatoms. The third-order valence-corrected chi connectivity index (χ3v) is 1.71. The molecule has 1 heterocycles. The van der Waals surface area contributed by atoms with Gasteiger partial charge in [0.2, 0.25) is 5.89 Å². The zero-order valence-electron chi connectivity index (χ0n) is 9.23. The quantitative estimate of drug-likeness (QED) is 0.608. The van der Waals surface area contributed by atoms with Crippen LogP contribution in [0.4, 0.5) is 4.79 Å². The molecule has 0 aliphatic heterocycles. The maximum atomic E-state index is 11.1. The van der Waals surface area contributed by atoms with Crippen LogP contribution in [-0.4, -0.2) is 28.7 Å². The summed E-state index contributed by atoms with van der Waals surface area (Å²) in [6.45, 7) is 1.42. The van der Waals surface area contributed by atoms with E-state index in [-0.39, 0.29) is 6.54 Å². The molecule has 1 aromatic heterocycles. The molecule has 1 rings (SSSR count). The van der Waals surface area contributed by atoms with Crippen molar-refractivity contribution in [3.63, 3.8) is 0 Å². The molecule has 0 spiro atoms. The van der Waals surface area contributed by atoms with E-state index in [0.29, 0.717) is 5.89 Å². The van der Waals surface area contributed by atoms with E-state index in [2.05, 4.69) is 15.1 Å². The summed E-state index contributed by atoms with van der Waals surface area (Å²) in [7, 11) is 0. The number of hydroxylamine groups is 1. The van der Waals surface area contributed by atoms with Crippen molar-refractivity contribution in [1.29, 1.82) is 0 Å². The van der Waals surface area contributed by atoms with Gasteiger partial charge in [0.1, 0.15) is 5.76 Å². The molecule has 2 amide bonds. The van der Waals surface area contributed by atoms with Crippen LogP contribution >= 0.6 is 0 Å². The predicted molar refractivity (Wildman–Crippen MR) is 54.8 cm³/mol. The van der Waals surface area contributed by atoms with Crippen LogP contribution in [0.25, 0.3) is 0 Å². The van der Waals surface area contributed by atoms with Crippen LogP contribution in [-0.2, 0) is 22.6 Å². The Bertz CT molecular complexity index is 390. The third kappa shape index (κ3) is 4.98. The highest BCUT2D eigenvalue weighted by atomic mass is 16.7. The van der Waals surface area contributed by atoms with E-state index < -0.39 is 18.6 Å². The Morgan fingerprint density at radius 1 is 1.59 bits per heavy atom. The minimum absolute atomic E-state index is 0.0995. The lowest BCUT2D eigenvalue weighted by Gasteiger charge is -2.04. The predicted octanol–water partition coefficient (Wildman–Crippen LogP) is 0.0524. The van der Waals surface area contributed by atoms with Gasteiger partial charge in [0.15, 0.2) is 6.61 Å². The fourth-order valence-corrected chi connectivity index (χ4v) is 0.949. The van der Waals surface area contributed by atoms with Gasteiger partial charge < -0.3 is 14.8 Å². The van der Waals surface area contributed by atoms with Crippen molar-refractivity contribution < 1.29 is 24.0 Å². The number of hydrogen-bond acceptors (Lipinski definition) is 5. The SMILES string of the molecule is CCc1cnc(CNC(=O)NOCC(=O)O)o1. The van der Waals surface area contributed by atoms with Gasteiger partial charge in [0.25, 0.3) is 0 Å². The third-order valence-electron chi connectivity index (χ3n) is 1.71. The van der Waals surface area contributed by atoms with E-state index in [1.165, 1.54) is 0 Å². The molecular formula is C9H13N3O5. The molecule has 0 aliphatic carbocycles. The Hall–Kier alpha value is -2.09. The average molecular weight is 243 g/mol. The van der Waals surface area contributed by atoms with Crippen molar-refractivity contribution in [2.24, 2.45) is 0 Å². The number of carbonyl (C=O) groups is 2.